The summed E-state index contributed by atoms with van der Waals surface area (Å²) in [5.74, 6) is -3.87. The molecule has 4 saturated carbocycles. The van der Waals surface area contributed by atoms with E-state index in [1.54, 1.807) is 32.9 Å². The number of carbonyl (C=O) groups is 3. The second kappa shape index (κ2) is 12.7. The van der Waals surface area contributed by atoms with Gasteiger partial charge in [0.2, 0.25) is 5.43 Å². The Hall–Kier alpha value is -3.78. The van der Waals surface area contributed by atoms with Crippen LogP contribution in [0, 0.1) is 34.4 Å². The first kappa shape index (κ1) is 36.6. The molecule has 5 fully saturated rings. The number of hydrogen-bond acceptors (Lipinski definition) is 9. The number of anilines is 1. The number of nitrogens with one attached hydrogen (secondary N) is 1. The molecule has 1 aromatic carbocycles. The van der Waals surface area contributed by atoms with Crippen LogP contribution < -0.4 is 15.6 Å². The van der Waals surface area contributed by atoms with Crippen LogP contribution in [0.5, 0.6) is 0 Å². The molecular formula is C39H47F2N3O8. The topological polar surface area (TPSA) is 169 Å². The zero-order valence-corrected chi connectivity index (χ0v) is 29.7. The second-order valence-corrected chi connectivity index (χ2v) is 16.1. The Balaban J connectivity index is 0.000000164. The van der Waals surface area contributed by atoms with Crippen LogP contribution in [0.1, 0.15) is 75.7 Å². The number of benzene rings is 1. The summed E-state index contributed by atoms with van der Waals surface area (Å²) in [6.45, 7) is 7.44. The van der Waals surface area contributed by atoms with Crippen molar-refractivity contribution in [3.63, 3.8) is 0 Å². The van der Waals surface area contributed by atoms with Crippen LogP contribution in [0.15, 0.2) is 46.9 Å². The molecule has 6 aliphatic rings. The normalized spacial score (nSPS) is 36.7. The summed E-state index contributed by atoms with van der Waals surface area (Å²) in [6.07, 6.45) is 7.73. The molecule has 8 rings (SSSR count). The Kier molecular flexibility index (Phi) is 8.91. The summed E-state index contributed by atoms with van der Waals surface area (Å²) < 4.78 is 33.3. The molecule has 0 radical (unpaired) electrons. The number of Topliss-reactive ketones (excluding diaryl/α,β-unsaturated/α-hetero) is 1. The van der Waals surface area contributed by atoms with Gasteiger partial charge >= 0.3 is 5.97 Å². The highest BCUT2D eigenvalue weighted by Crippen LogP contribution is 2.70. The van der Waals surface area contributed by atoms with Crippen molar-refractivity contribution in [3.05, 3.63) is 63.7 Å². The molecule has 52 heavy (non-hydrogen) atoms. The quantitative estimate of drug-likeness (QED) is 0.308. The number of rotatable bonds is 5. The van der Waals surface area contributed by atoms with Gasteiger partial charge in [0.25, 0.3) is 0 Å². The van der Waals surface area contributed by atoms with Crippen LogP contribution in [-0.2, 0) is 9.59 Å². The van der Waals surface area contributed by atoms with Gasteiger partial charge < -0.3 is 35.2 Å². The Morgan fingerprint density at radius 1 is 1.08 bits per heavy atom. The van der Waals surface area contributed by atoms with Gasteiger partial charge in [-0.05, 0) is 81.6 Å². The lowest BCUT2D eigenvalue weighted by Crippen LogP contribution is -2.69. The van der Waals surface area contributed by atoms with Crippen molar-refractivity contribution in [2.45, 2.75) is 82.7 Å². The van der Waals surface area contributed by atoms with Gasteiger partial charge in [-0.2, -0.15) is 0 Å². The average Bonchev–Trinajstić information content (AvgIpc) is 3.94. The third kappa shape index (κ3) is 5.17. The molecule has 13 heteroatoms. The molecule has 5 N–H and O–H groups in total. The lowest BCUT2D eigenvalue weighted by Gasteiger charge is -2.62. The minimum absolute atomic E-state index is 0.0676. The van der Waals surface area contributed by atoms with Gasteiger partial charge in [-0.15, -0.1) is 0 Å². The van der Waals surface area contributed by atoms with Gasteiger partial charge in [-0.1, -0.05) is 25.5 Å². The number of halogens is 2. The molecule has 1 aromatic heterocycles. The Morgan fingerprint density at radius 2 is 1.77 bits per heavy atom. The average molecular weight is 724 g/mol. The predicted molar refractivity (Wildman–Crippen MR) is 188 cm³/mol. The van der Waals surface area contributed by atoms with E-state index in [-0.39, 0.29) is 35.1 Å². The molecule has 1 aliphatic heterocycles. The highest BCUT2D eigenvalue weighted by atomic mass is 19.1. The van der Waals surface area contributed by atoms with E-state index in [0.717, 1.165) is 25.9 Å². The SMILES string of the molecule is C[C@@H]1C[C@H]2[C@@H]3CCC4=CC(=O)C=C[C@]4(C)[C@@]3(F)[C@@H](O)C[C@]2(C)[C@@]1(O)C(=O)CO.O=C(O)c1cn(C2CC2)c2cc(N3CCNCC3)c(F)cc2c1=O. The van der Waals surface area contributed by atoms with Crippen molar-refractivity contribution < 1.29 is 43.6 Å². The molecule has 5 aliphatic carbocycles. The van der Waals surface area contributed by atoms with E-state index < -0.39 is 69.6 Å². The number of hydrogen-bond donors (Lipinski definition) is 5. The van der Waals surface area contributed by atoms with Gasteiger partial charge in [0.1, 0.15) is 23.6 Å². The van der Waals surface area contributed by atoms with Crippen molar-refractivity contribution in [2.75, 3.05) is 37.7 Å². The fourth-order valence-corrected chi connectivity index (χ4v) is 10.6. The largest absolute Gasteiger partial charge is 0.477 e. The number of aliphatic hydroxyl groups excluding tert-OH is 2. The molecule has 0 spiro atoms. The first-order valence-corrected chi connectivity index (χ1v) is 18.3. The molecule has 1 saturated heterocycles. The molecule has 2 heterocycles. The summed E-state index contributed by atoms with van der Waals surface area (Å²) in [6, 6.07) is 3.08. The molecule has 11 nitrogen and oxygen atoms in total. The first-order chi connectivity index (χ1) is 24.5. The van der Waals surface area contributed by atoms with E-state index in [1.807, 2.05) is 9.47 Å². The third-order valence-corrected chi connectivity index (χ3v) is 13.5. The highest BCUT2D eigenvalue weighted by Gasteiger charge is 2.75. The zero-order chi connectivity index (χ0) is 37.5. The van der Waals surface area contributed by atoms with Gasteiger partial charge in [0, 0.05) is 60.6 Å². The monoisotopic (exact) mass is 723 g/mol. The van der Waals surface area contributed by atoms with E-state index in [2.05, 4.69) is 5.32 Å². The maximum absolute atomic E-state index is 16.9. The number of carboxylic acid groups (broad SMARTS) is 1. The van der Waals surface area contributed by atoms with E-state index in [1.165, 1.54) is 24.4 Å². The van der Waals surface area contributed by atoms with Crippen molar-refractivity contribution in [1.29, 1.82) is 0 Å². The van der Waals surface area contributed by atoms with Crippen LogP contribution in [0.4, 0.5) is 14.5 Å². The molecule has 2 aromatic rings. The number of alkyl halides is 1. The van der Waals surface area contributed by atoms with Gasteiger partial charge in [-0.3, -0.25) is 14.4 Å². The summed E-state index contributed by atoms with van der Waals surface area (Å²) in [5.41, 5.74) is -5.01. The fraction of sp³-hybridized carbons (Fsp3) is 0.590. The second-order valence-electron chi connectivity index (χ2n) is 16.1. The number of carboxylic acids is 1. The molecule has 0 bridgehead atoms. The Morgan fingerprint density at radius 3 is 2.40 bits per heavy atom. The van der Waals surface area contributed by atoms with Gasteiger partial charge in [0.15, 0.2) is 17.2 Å². The molecule has 280 valence electrons. The number of ketones is 2. The number of nitrogens with zero attached hydrogens (tertiary/aromatic N) is 2. The highest BCUT2D eigenvalue weighted by molar-refractivity contribution is 6.01. The fourth-order valence-electron chi connectivity index (χ4n) is 10.6. The van der Waals surface area contributed by atoms with E-state index >= 15 is 4.39 Å². The van der Waals surface area contributed by atoms with Crippen LogP contribution in [0.25, 0.3) is 10.9 Å². The number of aliphatic hydroxyl groups is 3. The molecular weight excluding hydrogens is 676 g/mol. The van der Waals surface area contributed by atoms with E-state index in [4.69, 9.17) is 0 Å². The minimum Gasteiger partial charge on any atom is -0.477 e. The van der Waals surface area contributed by atoms with Gasteiger partial charge in [0.05, 0.1) is 17.3 Å². The number of carbonyl (C=O) groups excluding carboxylic acids is 2. The van der Waals surface area contributed by atoms with Crippen molar-refractivity contribution >= 4 is 34.1 Å². The van der Waals surface area contributed by atoms with E-state index in [0.29, 0.717) is 49.1 Å². The first-order valence-electron chi connectivity index (χ1n) is 18.3. The third-order valence-electron chi connectivity index (χ3n) is 13.5. The minimum atomic E-state index is -1.98. The zero-order valence-electron chi connectivity index (χ0n) is 29.7. The Bertz CT molecular complexity index is 1970. The number of pyridine rings is 1. The lowest BCUT2D eigenvalue weighted by atomic mass is 9.44. The predicted octanol–water partition coefficient (Wildman–Crippen LogP) is 3.48. The smallest absolute Gasteiger partial charge is 0.341 e. The number of aromatic carboxylic acids is 1. The van der Waals surface area contributed by atoms with Crippen LogP contribution in [0.2, 0.25) is 0 Å². The lowest BCUT2D eigenvalue weighted by molar-refractivity contribution is -0.219. The Labute approximate surface area is 300 Å². The maximum atomic E-state index is 16.9. The van der Waals surface area contributed by atoms with Crippen molar-refractivity contribution in [1.82, 2.24) is 9.88 Å². The number of piperazine rings is 1. The van der Waals surface area contributed by atoms with Crippen LogP contribution in [0.3, 0.4) is 0 Å². The summed E-state index contributed by atoms with van der Waals surface area (Å²) >= 11 is 0. The summed E-state index contributed by atoms with van der Waals surface area (Å²) in [7, 11) is 0. The van der Waals surface area contributed by atoms with Crippen LogP contribution in [-0.4, -0.2) is 92.7 Å². The number of aromatic nitrogens is 1. The molecule has 0 amide bonds. The van der Waals surface area contributed by atoms with Crippen LogP contribution >= 0.6 is 0 Å². The van der Waals surface area contributed by atoms with Crippen molar-refractivity contribution in [2.24, 2.45) is 28.6 Å². The molecule has 8 atom stereocenters. The summed E-state index contributed by atoms with van der Waals surface area (Å²) in [5, 5.41) is 44.6. The van der Waals surface area contributed by atoms with E-state index in [9.17, 15) is 44.0 Å². The standard InChI is InChI=1S/C22H29FO5.C17H18FN3O3/c1-12-8-16-15-5-4-13-9-14(25)6-7-19(13,2)21(15,23)17(26)10-20(16,3)22(12,28)18(27)11-24;18-13-7-11-14(8-15(13)20-5-3-19-4-6-20)21(10-1-2-10)9-12(16(11)22)17(23)24/h6-7,9,12,15-17,24,26,28H,4-5,8,10-11H2,1-3H3;7-10,19H,1-6H2,(H,23,24)/t12-,15+,16+,17+,19+,20+,21+,22+;/m1./s1. The number of allylic oxidation sites excluding steroid dienone is 4. The van der Waals surface area contributed by atoms with Crippen molar-refractivity contribution in [3.8, 4) is 0 Å². The maximum Gasteiger partial charge on any atom is 0.341 e. The van der Waals surface area contributed by atoms with Gasteiger partial charge in [-0.25, -0.2) is 13.6 Å². The molecule has 0 unspecified atom stereocenters. The summed E-state index contributed by atoms with van der Waals surface area (Å²) in [4.78, 5) is 50.1. The number of fused-ring (bicyclic) bond motifs is 6.